The van der Waals surface area contributed by atoms with E-state index in [4.69, 9.17) is 11.6 Å². The standard InChI is InChI=1S/C14H19ClN4S/c1-5-10-7-16-14(20-10)9(4)17-13-8(3)12(15)18-11(6-2)19-13/h7,9H,5-6H2,1-4H3,(H,17,18,19). The van der Waals surface area contributed by atoms with Crippen LogP contribution in [-0.2, 0) is 12.8 Å². The molecule has 2 rings (SSSR count). The quantitative estimate of drug-likeness (QED) is 0.841. The second kappa shape index (κ2) is 6.50. The first-order valence-corrected chi connectivity index (χ1v) is 7.98. The highest BCUT2D eigenvalue weighted by atomic mass is 35.5. The highest BCUT2D eigenvalue weighted by Crippen LogP contribution is 2.26. The lowest BCUT2D eigenvalue weighted by molar-refractivity contribution is 0.841. The van der Waals surface area contributed by atoms with Crippen LogP contribution in [0.1, 0.15) is 48.1 Å². The summed E-state index contributed by atoms with van der Waals surface area (Å²) >= 11 is 7.88. The number of thiazole rings is 1. The van der Waals surface area contributed by atoms with Crippen LogP contribution in [-0.4, -0.2) is 15.0 Å². The number of aryl methyl sites for hydroxylation is 2. The molecule has 0 fully saturated rings. The normalized spacial score (nSPS) is 12.4. The molecule has 0 aliphatic rings. The van der Waals surface area contributed by atoms with Gasteiger partial charge in [-0.2, -0.15) is 0 Å². The Morgan fingerprint density at radius 2 is 2.05 bits per heavy atom. The van der Waals surface area contributed by atoms with Crippen molar-refractivity contribution < 1.29 is 0 Å². The van der Waals surface area contributed by atoms with Crippen molar-refractivity contribution in [3.05, 3.63) is 32.6 Å². The minimum atomic E-state index is 0.106. The molecule has 1 atom stereocenters. The molecule has 2 aromatic heterocycles. The second-order valence-electron chi connectivity index (χ2n) is 4.64. The van der Waals surface area contributed by atoms with Crippen LogP contribution in [0.2, 0.25) is 5.15 Å². The van der Waals surface area contributed by atoms with Gasteiger partial charge in [0.25, 0.3) is 0 Å². The van der Waals surface area contributed by atoms with Crippen molar-refractivity contribution >= 4 is 28.8 Å². The Bertz CT molecular complexity index is 597. The SMILES string of the molecule is CCc1nc(Cl)c(C)c(NC(C)c2ncc(CC)s2)n1. The van der Waals surface area contributed by atoms with E-state index >= 15 is 0 Å². The first-order valence-electron chi connectivity index (χ1n) is 6.79. The molecule has 0 spiro atoms. The third-order valence-electron chi connectivity index (χ3n) is 3.09. The number of halogens is 1. The van der Waals surface area contributed by atoms with E-state index in [0.29, 0.717) is 5.15 Å². The summed E-state index contributed by atoms with van der Waals surface area (Å²) in [6.07, 6.45) is 3.72. The van der Waals surface area contributed by atoms with Crippen LogP contribution < -0.4 is 5.32 Å². The maximum atomic E-state index is 6.15. The van der Waals surface area contributed by atoms with Crippen LogP contribution in [0.15, 0.2) is 6.20 Å². The van der Waals surface area contributed by atoms with E-state index in [2.05, 4.69) is 34.1 Å². The fourth-order valence-corrected chi connectivity index (χ4v) is 2.83. The number of anilines is 1. The summed E-state index contributed by atoms with van der Waals surface area (Å²) in [5, 5.41) is 4.97. The van der Waals surface area contributed by atoms with Crippen molar-refractivity contribution in [2.24, 2.45) is 0 Å². The molecule has 0 bridgehead atoms. The van der Waals surface area contributed by atoms with Crippen LogP contribution in [0.5, 0.6) is 0 Å². The average Bonchev–Trinajstić information content (AvgIpc) is 2.92. The Kier molecular flexibility index (Phi) is 4.94. The van der Waals surface area contributed by atoms with Gasteiger partial charge in [0, 0.05) is 23.1 Å². The molecular weight excluding hydrogens is 292 g/mol. The van der Waals surface area contributed by atoms with Crippen molar-refractivity contribution in [1.29, 1.82) is 0 Å². The van der Waals surface area contributed by atoms with Gasteiger partial charge in [-0.15, -0.1) is 11.3 Å². The zero-order chi connectivity index (χ0) is 14.7. The summed E-state index contributed by atoms with van der Waals surface area (Å²) in [6, 6.07) is 0.106. The summed E-state index contributed by atoms with van der Waals surface area (Å²) in [6.45, 7) is 8.16. The van der Waals surface area contributed by atoms with Crippen LogP contribution in [0.4, 0.5) is 5.82 Å². The molecular formula is C14H19ClN4S. The summed E-state index contributed by atoms with van der Waals surface area (Å²) in [5.41, 5.74) is 0.878. The smallest absolute Gasteiger partial charge is 0.137 e. The number of rotatable bonds is 5. The fourth-order valence-electron chi connectivity index (χ4n) is 1.78. The Morgan fingerprint density at radius 3 is 2.65 bits per heavy atom. The minimum absolute atomic E-state index is 0.106. The van der Waals surface area contributed by atoms with E-state index in [0.717, 1.165) is 35.1 Å². The van der Waals surface area contributed by atoms with Gasteiger partial charge in [-0.25, -0.2) is 15.0 Å². The fraction of sp³-hybridized carbons (Fsp3) is 0.500. The molecule has 0 saturated carbocycles. The van der Waals surface area contributed by atoms with E-state index in [1.807, 2.05) is 20.0 Å². The molecule has 0 aromatic carbocycles. The van der Waals surface area contributed by atoms with Gasteiger partial charge in [0.1, 0.15) is 21.8 Å². The summed E-state index contributed by atoms with van der Waals surface area (Å²) in [7, 11) is 0. The molecule has 1 unspecified atom stereocenters. The Hall–Kier alpha value is -1.20. The first-order chi connectivity index (χ1) is 9.55. The number of nitrogens with zero attached hydrogens (tertiary/aromatic N) is 3. The van der Waals surface area contributed by atoms with Gasteiger partial charge >= 0.3 is 0 Å². The maximum Gasteiger partial charge on any atom is 0.137 e. The number of hydrogen-bond acceptors (Lipinski definition) is 5. The van der Waals surface area contributed by atoms with Crippen molar-refractivity contribution in [3.63, 3.8) is 0 Å². The molecule has 0 aliphatic carbocycles. The lowest BCUT2D eigenvalue weighted by atomic mass is 10.3. The van der Waals surface area contributed by atoms with Gasteiger partial charge in [0.2, 0.25) is 0 Å². The zero-order valence-electron chi connectivity index (χ0n) is 12.2. The molecule has 0 radical (unpaired) electrons. The molecule has 6 heteroatoms. The van der Waals surface area contributed by atoms with E-state index < -0.39 is 0 Å². The molecule has 2 aromatic rings. The second-order valence-corrected chi connectivity index (χ2v) is 6.15. The molecule has 1 N–H and O–H groups in total. The van der Waals surface area contributed by atoms with E-state index in [-0.39, 0.29) is 6.04 Å². The maximum absolute atomic E-state index is 6.15. The third kappa shape index (κ3) is 3.27. The van der Waals surface area contributed by atoms with Gasteiger partial charge in [-0.1, -0.05) is 25.4 Å². The molecule has 0 saturated heterocycles. The number of hydrogen-bond donors (Lipinski definition) is 1. The average molecular weight is 311 g/mol. The highest BCUT2D eigenvalue weighted by Gasteiger charge is 2.14. The molecule has 0 amide bonds. The monoisotopic (exact) mass is 310 g/mol. The molecule has 4 nitrogen and oxygen atoms in total. The first kappa shape index (κ1) is 15.2. The van der Waals surface area contributed by atoms with Gasteiger partial charge in [-0.3, -0.25) is 0 Å². The Balaban J connectivity index is 2.22. The van der Waals surface area contributed by atoms with Crippen LogP contribution in [0.3, 0.4) is 0 Å². The lowest BCUT2D eigenvalue weighted by Gasteiger charge is -2.15. The van der Waals surface area contributed by atoms with Gasteiger partial charge < -0.3 is 5.32 Å². The topological polar surface area (TPSA) is 50.7 Å². The van der Waals surface area contributed by atoms with Crippen LogP contribution in [0.25, 0.3) is 0 Å². The van der Waals surface area contributed by atoms with E-state index in [1.165, 1.54) is 4.88 Å². The van der Waals surface area contributed by atoms with Gasteiger partial charge in [-0.05, 0) is 20.3 Å². The van der Waals surface area contributed by atoms with E-state index in [1.54, 1.807) is 11.3 Å². The largest absolute Gasteiger partial charge is 0.361 e. The van der Waals surface area contributed by atoms with Crippen molar-refractivity contribution in [3.8, 4) is 0 Å². The summed E-state index contributed by atoms with van der Waals surface area (Å²) in [4.78, 5) is 14.5. The van der Waals surface area contributed by atoms with E-state index in [9.17, 15) is 0 Å². The van der Waals surface area contributed by atoms with Crippen molar-refractivity contribution in [2.45, 2.75) is 46.6 Å². The number of aromatic nitrogens is 3. The predicted molar refractivity (Wildman–Crippen MR) is 84.7 cm³/mol. The molecule has 2 heterocycles. The van der Waals surface area contributed by atoms with Crippen molar-refractivity contribution in [2.75, 3.05) is 5.32 Å². The summed E-state index contributed by atoms with van der Waals surface area (Å²) in [5.74, 6) is 1.55. The highest BCUT2D eigenvalue weighted by molar-refractivity contribution is 7.11. The third-order valence-corrected chi connectivity index (χ3v) is 4.78. The number of nitrogens with one attached hydrogen (secondary N) is 1. The predicted octanol–water partition coefficient (Wildman–Crippen LogP) is 4.19. The minimum Gasteiger partial charge on any atom is -0.361 e. The van der Waals surface area contributed by atoms with Gasteiger partial charge in [0.15, 0.2) is 0 Å². The lowest BCUT2D eigenvalue weighted by Crippen LogP contribution is -2.11. The van der Waals surface area contributed by atoms with Crippen molar-refractivity contribution in [1.82, 2.24) is 15.0 Å². The van der Waals surface area contributed by atoms with Crippen LogP contribution in [0, 0.1) is 6.92 Å². The van der Waals surface area contributed by atoms with Crippen LogP contribution >= 0.6 is 22.9 Å². The molecule has 0 aliphatic heterocycles. The molecule has 20 heavy (non-hydrogen) atoms. The van der Waals surface area contributed by atoms with Gasteiger partial charge in [0.05, 0.1) is 6.04 Å². The zero-order valence-corrected chi connectivity index (χ0v) is 13.8. The Labute approximate surface area is 128 Å². The molecule has 108 valence electrons. The summed E-state index contributed by atoms with van der Waals surface area (Å²) < 4.78 is 0. The Morgan fingerprint density at radius 1 is 1.30 bits per heavy atom.